The van der Waals surface area contributed by atoms with Crippen molar-refractivity contribution in [3.8, 4) is 44.9 Å². The van der Waals surface area contributed by atoms with Gasteiger partial charge in [0.05, 0.1) is 16.8 Å². The topological polar surface area (TPSA) is 38.9 Å². The van der Waals surface area contributed by atoms with E-state index in [0.717, 1.165) is 55.0 Å². The Balaban J connectivity index is 1.17. The van der Waals surface area contributed by atoms with Crippen LogP contribution in [0.3, 0.4) is 0 Å². The third kappa shape index (κ3) is 3.21. The Morgan fingerprint density at radius 2 is 1.13 bits per heavy atom. The van der Waals surface area contributed by atoms with Crippen LogP contribution in [-0.4, -0.2) is 9.97 Å². The molecule has 0 N–H and O–H groups in total. The summed E-state index contributed by atoms with van der Waals surface area (Å²) in [7, 11) is 0. The molecule has 4 heteroatoms. The van der Waals surface area contributed by atoms with Crippen LogP contribution in [0.1, 0.15) is 0 Å². The lowest BCUT2D eigenvalue weighted by molar-refractivity contribution is 0.673. The first-order valence-electron chi connectivity index (χ1n) is 15.5. The maximum atomic E-state index is 6.86. The van der Waals surface area contributed by atoms with E-state index in [2.05, 4.69) is 127 Å². The lowest BCUT2D eigenvalue weighted by Crippen LogP contribution is -1.95. The van der Waals surface area contributed by atoms with E-state index in [1.54, 1.807) is 0 Å². The number of benzene rings is 7. The Labute approximate surface area is 267 Å². The summed E-state index contributed by atoms with van der Waals surface area (Å²) >= 11 is 1.83. The van der Waals surface area contributed by atoms with Crippen LogP contribution in [0, 0.1) is 0 Å². The summed E-state index contributed by atoms with van der Waals surface area (Å²) in [5.74, 6) is 0.664. The van der Waals surface area contributed by atoms with Gasteiger partial charge in [0.1, 0.15) is 11.2 Å². The lowest BCUT2D eigenvalue weighted by Gasteiger charge is -2.10. The molecule has 0 saturated carbocycles. The molecule has 0 saturated heterocycles. The molecule has 0 atom stereocenters. The standard InChI is InChI=1S/C42H22N2OS/c1-2-10-25-24(9-1)28-13-7-15-31-38(28)33(25)22-34-29-14-8-16-32(40(29)45-41(31)34)42-43-35-17-5-3-12-30(35)39(44-42)23-19-20-27-26-11-4-6-18-36(26)46-37(27)21-23/h1-22H. The van der Waals surface area contributed by atoms with Gasteiger partial charge in [-0.2, -0.15) is 0 Å². The molecule has 0 unspecified atom stereocenters. The molecule has 0 amide bonds. The van der Waals surface area contributed by atoms with Gasteiger partial charge in [0.25, 0.3) is 0 Å². The van der Waals surface area contributed by atoms with Crippen molar-refractivity contribution < 1.29 is 4.42 Å². The molecule has 3 aromatic heterocycles. The predicted octanol–water partition coefficient (Wildman–Crippen LogP) is 12.0. The van der Waals surface area contributed by atoms with Crippen molar-refractivity contribution >= 4 is 75.1 Å². The molecular formula is C42H22N2OS. The van der Waals surface area contributed by atoms with E-state index >= 15 is 0 Å². The normalized spacial score (nSPS) is 12.3. The maximum absolute atomic E-state index is 6.86. The summed E-state index contributed by atoms with van der Waals surface area (Å²) in [5.41, 5.74) is 10.6. The van der Waals surface area contributed by atoms with Gasteiger partial charge in [0.15, 0.2) is 5.82 Å². The van der Waals surface area contributed by atoms with Crippen LogP contribution in [-0.2, 0) is 0 Å². The number of para-hydroxylation sites is 2. The van der Waals surface area contributed by atoms with Crippen LogP contribution < -0.4 is 0 Å². The van der Waals surface area contributed by atoms with Crippen molar-refractivity contribution in [3.63, 3.8) is 0 Å². The first kappa shape index (κ1) is 24.5. The second-order valence-corrected chi connectivity index (χ2v) is 13.2. The fourth-order valence-electron chi connectivity index (χ4n) is 7.59. The van der Waals surface area contributed by atoms with Crippen LogP contribution in [0.2, 0.25) is 0 Å². The zero-order chi connectivity index (χ0) is 29.9. The largest absolute Gasteiger partial charge is 0.455 e. The van der Waals surface area contributed by atoms with E-state index < -0.39 is 0 Å². The fourth-order valence-corrected chi connectivity index (χ4v) is 8.73. The third-order valence-electron chi connectivity index (χ3n) is 9.62. The molecular weight excluding hydrogens is 581 g/mol. The molecule has 10 aromatic rings. The molecule has 46 heavy (non-hydrogen) atoms. The quantitative estimate of drug-likeness (QED) is 0.198. The Bertz CT molecular complexity index is 2930. The first-order chi connectivity index (χ1) is 22.8. The van der Waals surface area contributed by atoms with Crippen molar-refractivity contribution in [2.45, 2.75) is 0 Å². The zero-order valence-electron chi connectivity index (χ0n) is 24.4. The highest BCUT2D eigenvalue weighted by molar-refractivity contribution is 7.25. The Morgan fingerprint density at radius 3 is 2.04 bits per heavy atom. The van der Waals surface area contributed by atoms with Crippen molar-refractivity contribution in [3.05, 3.63) is 133 Å². The molecule has 3 heterocycles. The van der Waals surface area contributed by atoms with Crippen LogP contribution in [0.25, 0.3) is 109 Å². The average Bonchev–Trinajstić information content (AvgIpc) is 3.78. The summed E-state index contributed by atoms with van der Waals surface area (Å²) in [6.45, 7) is 0. The van der Waals surface area contributed by atoms with E-state index in [1.807, 2.05) is 17.4 Å². The van der Waals surface area contributed by atoms with Gasteiger partial charge >= 0.3 is 0 Å². The van der Waals surface area contributed by atoms with Gasteiger partial charge in [0.2, 0.25) is 0 Å². The average molecular weight is 603 g/mol. The number of rotatable bonds is 2. The van der Waals surface area contributed by atoms with Gasteiger partial charge in [-0.15, -0.1) is 11.3 Å². The number of fused-ring (bicyclic) bond motifs is 11. The van der Waals surface area contributed by atoms with Gasteiger partial charge in [-0.3, -0.25) is 0 Å². The fraction of sp³-hybridized carbons (Fsp3) is 0. The van der Waals surface area contributed by atoms with Gasteiger partial charge in [-0.05, 0) is 52.6 Å². The SMILES string of the molecule is c1ccc2c(c1)-c1cccc3c1c-2cc1c2cccc(-c4nc(-c5ccc6c(c5)sc5ccccc56)c5ccccc5n4)c2oc31. The summed E-state index contributed by atoms with van der Waals surface area (Å²) < 4.78 is 9.41. The van der Waals surface area contributed by atoms with Crippen LogP contribution in [0.4, 0.5) is 0 Å². The number of hydrogen-bond acceptors (Lipinski definition) is 4. The molecule has 0 spiro atoms. The van der Waals surface area contributed by atoms with Crippen molar-refractivity contribution in [2.75, 3.05) is 0 Å². The molecule has 1 aliphatic rings. The molecule has 1 aliphatic carbocycles. The highest BCUT2D eigenvalue weighted by Crippen LogP contribution is 2.51. The number of hydrogen-bond donors (Lipinski definition) is 0. The number of furan rings is 1. The minimum atomic E-state index is 0.664. The molecule has 3 nitrogen and oxygen atoms in total. The first-order valence-corrected chi connectivity index (χ1v) is 16.3. The lowest BCUT2D eigenvalue weighted by atomic mass is 9.99. The molecule has 0 aliphatic heterocycles. The third-order valence-corrected chi connectivity index (χ3v) is 10.8. The molecule has 11 rings (SSSR count). The molecule has 0 radical (unpaired) electrons. The molecule has 7 aromatic carbocycles. The summed E-state index contributed by atoms with van der Waals surface area (Å²) in [6, 6.07) is 47.5. The smallest absolute Gasteiger partial charge is 0.164 e. The Morgan fingerprint density at radius 1 is 0.435 bits per heavy atom. The predicted molar refractivity (Wildman–Crippen MR) is 193 cm³/mol. The van der Waals surface area contributed by atoms with Crippen LogP contribution in [0.5, 0.6) is 0 Å². The molecule has 0 fully saturated rings. The minimum Gasteiger partial charge on any atom is -0.455 e. The Kier molecular flexibility index (Phi) is 4.72. The maximum Gasteiger partial charge on any atom is 0.164 e. The van der Waals surface area contributed by atoms with E-state index in [0.29, 0.717) is 5.82 Å². The monoisotopic (exact) mass is 602 g/mol. The summed E-state index contributed by atoms with van der Waals surface area (Å²) in [4.78, 5) is 10.4. The Hall–Kier alpha value is -5.84. The number of aromatic nitrogens is 2. The number of thiophene rings is 1. The second-order valence-electron chi connectivity index (χ2n) is 12.1. The van der Waals surface area contributed by atoms with E-state index in [4.69, 9.17) is 14.4 Å². The van der Waals surface area contributed by atoms with Crippen LogP contribution >= 0.6 is 11.3 Å². The van der Waals surface area contributed by atoms with E-state index in [1.165, 1.54) is 47.8 Å². The van der Waals surface area contributed by atoms with Crippen molar-refractivity contribution in [1.29, 1.82) is 0 Å². The van der Waals surface area contributed by atoms with Crippen molar-refractivity contribution in [2.24, 2.45) is 0 Å². The number of nitrogens with zero attached hydrogens (tertiary/aromatic N) is 2. The second kappa shape index (κ2) is 8.87. The molecule has 212 valence electrons. The highest BCUT2D eigenvalue weighted by atomic mass is 32.1. The zero-order valence-corrected chi connectivity index (χ0v) is 25.2. The van der Waals surface area contributed by atoms with Gasteiger partial charge in [-0.25, -0.2) is 9.97 Å². The van der Waals surface area contributed by atoms with E-state index in [-0.39, 0.29) is 0 Å². The summed E-state index contributed by atoms with van der Waals surface area (Å²) in [6.07, 6.45) is 0. The minimum absolute atomic E-state index is 0.664. The van der Waals surface area contributed by atoms with Gasteiger partial charge in [-0.1, -0.05) is 103 Å². The highest BCUT2D eigenvalue weighted by Gasteiger charge is 2.25. The van der Waals surface area contributed by atoms with E-state index in [9.17, 15) is 0 Å². The van der Waals surface area contributed by atoms with Gasteiger partial charge < -0.3 is 4.42 Å². The summed E-state index contributed by atoms with van der Waals surface area (Å²) in [5, 5.41) is 8.20. The van der Waals surface area contributed by atoms with Crippen LogP contribution in [0.15, 0.2) is 138 Å². The molecule has 0 bridgehead atoms. The van der Waals surface area contributed by atoms with Crippen molar-refractivity contribution in [1.82, 2.24) is 9.97 Å². The van der Waals surface area contributed by atoms with Gasteiger partial charge in [0, 0.05) is 52.7 Å².